The summed E-state index contributed by atoms with van der Waals surface area (Å²) < 4.78 is 0. The van der Waals surface area contributed by atoms with Gasteiger partial charge in [-0.05, 0) is 47.8 Å². The third kappa shape index (κ3) is 3.60. The number of hydrogen-bond acceptors (Lipinski definition) is 4. The number of likely N-dealkylation sites (tertiary alicyclic amines) is 1. The molecule has 0 bridgehead atoms. The molecule has 2 aliphatic rings. The largest absolute Gasteiger partial charge is 0.326 e. The molecule has 1 aromatic heterocycles. The van der Waals surface area contributed by atoms with E-state index >= 15 is 0 Å². The van der Waals surface area contributed by atoms with Crippen molar-refractivity contribution in [2.75, 3.05) is 13.2 Å². The van der Waals surface area contributed by atoms with Crippen molar-refractivity contribution in [3.63, 3.8) is 0 Å². The van der Waals surface area contributed by atoms with E-state index in [0.717, 1.165) is 24.9 Å². The van der Waals surface area contributed by atoms with Crippen molar-refractivity contribution >= 4 is 23.3 Å². The summed E-state index contributed by atoms with van der Waals surface area (Å²) in [6, 6.07) is 12.2. The molecule has 29 heavy (non-hydrogen) atoms. The molecular weight excluding hydrogens is 382 g/mol. The van der Waals surface area contributed by atoms with Crippen molar-refractivity contribution in [3.8, 4) is 0 Å². The Morgan fingerprint density at radius 1 is 1.17 bits per heavy atom. The van der Waals surface area contributed by atoms with Crippen LogP contribution in [-0.4, -0.2) is 35.0 Å². The Bertz CT molecular complexity index is 901. The number of benzene rings is 1. The molecular formula is C23H29N3O2S. The summed E-state index contributed by atoms with van der Waals surface area (Å²) in [6.45, 7) is 9.52. The molecule has 2 atom stereocenters. The van der Waals surface area contributed by atoms with E-state index in [9.17, 15) is 9.59 Å². The zero-order chi connectivity index (χ0) is 20.8. The highest BCUT2D eigenvalue weighted by Crippen LogP contribution is 2.36. The molecule has 3 amide bonds. The number of carbonyl (C=O) groups is 2. The highest BCUT2D eigenvalue weighted by atomic mass is 32.1. The summed E-state index contributed by atoms with van der Waals surface area (Å²) in [6.07, 6.45) is 2.15. The highest BCUT2D eigenvalue weighted by molar-refractivity contribution is 7.10. The van der Waals surface area contributed by atoms with Gasteiger partial charge in [-0.2, -0.15) is 0 Å². The van der Waals surface area contributed by atoms with E-state index in [1.807, 2.05) is 12.1 Å². The van der Waals surface area contributed by atoms with Gasteiger partial charge >= 0.3 is 6.03 Å². The van der Waals surface area contributed by atoms with Crippen LogP contribution in [0.1, 0.15) is 62.6 Å². The van der Waals surface area contributed by atoms with Crippen LogP contribution in [0, 0.1) is 0 Å². The molecule has 2 aliphatic heterocycles. The van der Waals surface area contributed by atoms with Gasteiger partial charge in [-0.25, -0.2) is 9.69 Å². The summed E-state index contributed by atoms with van der Waals surface area (Å²) in [7, 11) is 0. The minimum Gasteiger partial charge on any atom is -0.319 e. The molecule has 0 saturated carbocycles. The van der Waals surface area contributed by atoms with E-state index in [2.05, 4.69) is 60.6 Å². The first-order valence-electron chi connectivity index (χ1n) is 10.2. The molecule has 3 heterocycles. The van der Waals surface area contributed by atoms with Crippen LogP contribution in [0.4, 0.5) is 4.79 Å². The summed E-state index contributed by atoms with van der Waals surface area (Å²) in [5.74, 6) is -0.178. The highest BCUT2D eigenvalue weighted by Gasteiger charge is 2.50. The standard InChI is InChI=1S/C23H29N3O2S/c1-22(2,3)16-9-11-17(12-10-16)23(4)20(27)26(21(28)24-23)15-25-13-5-7-18(25)19-8-6-14-29-19/h6,8-12,14,18H,5,7,13,15H2,1-4H3,(H,24,28). The zero-order valence-electron chi connectivity index (χ0n) is 17.6. The van der Waals surface area contributed by atoms with Crippen LogP contribution < -0.4 is 5.32 Å². The molecule has 5 nitrogen and oxygen atoms in total. The van der Waals surface area contributed by atoms with Crippen molar-refractivity contribution in [3.05, 3.63) is 57.8 Å². The minimum atomic E-state index is -1.02. The van der Waals surface area contributed by atoms with Gasteiger partial charge in [0.05, 0.1) is 6.67 Å². The summed E-state index contributed by atoms with van der Waals surface area (Å²) in [5, 5.41) is 5.02. The molecule has 2 saturated heterocycles. The van der Waals surface area contributed by atoms with Gasteiger partial charge < -0.3 is 5.32 Å². The second kappa shape index (κ2) is 7.26. The molecule has 2 aromatic rings. The lowest BCUT2D eigenvalue weighted by molar-refractivity contribution is -0.132. The summed E-state index contributed by atoms with van der Waals surface area (Å²) >= 11 is 1.74. The third-order valence-electron chi connectivity index (χ3n) is 6.16. The molecule has 0 aliphatic carbocycles. The van der Waals surface area contributed by atoms with Crippen LogP contribution >= 0.6 is 11.3 Å². The molecule has 0 radical (unpaired) electrons. The van der Waals surface area contributed by atoms with E-state index in [1.165, 1.54) is 15.3 Å². The Hall–Kier alpha value is -2.18. The fraction of sp³-hybridized carbons (Fsp3) is 0.478. The number of rotatable bonds is 4. The maximum atomic E-state index is 13.3. The summed E-state index contributed by atoms with van der Waals surface area (Å²) in [4.78, 5) is 31.0. The fourth-order valence-corrected chi connectivity index (χ4v) is 5.20. The topological polar surface area (TPSA) is 52.7 Å². The van der Waals surface area contributed by atoms with Gasteiger partial charge in [-0.1, -0.05) is 51.1 Å². The Morgan fingerprint density at radius 3 is 2.52 bits per heavy atom. The minimum absolute atomic E-state index is 0.0426. The third-order valence-corrected chi connectivity index (χ3v) is 7.14. The van der Waals surface area contributed by atoms with E-state index in [-0.39, 0.29) is 23.4 Å². The first-order chi connectivity index (χ1) is 13.7. The second-order valence-corrected chi connectivity index (χ2v) is 10.2. The van der Waals surface area contributed by atoms with Gasteiger partial charge in [-0.3, -0.25) is 9.69 Å². The average Bonchev–Trinajstić information content (AvgIpc) is 3.39. The normalized spacial score (nSPS) is 25.7. The smallest absolute Gasteiger partial charge is 0.319 e. The predicted molar refractivity (Wildman–Crippen MR) is 116 cm³/mol. The van der Waals surface area contributed by atoms with Crippen LogP contribution in [0.15, 0.2) is 41.8 Å². The van der Waals surface area contributed by atoms with Crippen LogP contribution in [0.3, 0.4) is 0 Å². The number of urea groups is 1. The Balaban J connectivity index is 1.54. The van der Waals surface area contributed by atoms with Crippen molar-refractivity contribution in [2.24, 2.45) is 0 Å². The average molecular weight is 412 g/mol. The number of thiophene rings is 1. The van der Waals surface area contributed by atoms with E-state index < -0.39 is 5.54 Å². The molecule has 154 valence electrons. The number of carbonyl (C=O) groups excluding carboxylic acids is 2. The molecule has 2 fully saturated rings. The van der Waals surface area contributed by atoms with Gasteiger partial charge in [0.1, 0.15) is 5.54 Å². The fourth-order valence-electron chi connectivity index (χ4n) is 4.30. The van der Waals surface area contributed by atoms with Gasteiger partial charge in [0, 0.05) is 17.5 Å². The van der Waals surface area contributed by atoms with Crippen molar-refractivity contribution in [1.82, 2.24) is 15.1 Å². The van der Waals surface area contributed by atoms with Gasteiger partial charge in [0.15, 0.2) is 0 Å². The van der Waals surface area contributed by atoms with Crippen molar-refractivity contribution in [2.45, 2.75) is 57.5 Å². The van der Waals surface area contributed by atoms with Gasteiger partial charge in [-0.15, -0.1) is 11.3 Å². The van der Waals surface area contributed by atoms with E-state index in [0.29, 0.717) is 6.67 Å². The predicted octanol–water partition coefficient (Wildman–Crippen LogP) is 4.61. The first-order valence-corrected chi connectivity index (χ1v) is 11.1. The number of nitrogens with zero attached hydrogens (tertiary/aromatic N) is 2. The zero-order valence-corrected chi connectivity index (χ0v) is 18.4. The van der Waals surface area contributed by atoms with Crippen LogP contribution in [-0.2, 0) is 15.7 Å². The molecule has 1 aromatic carbocycles. The summed E-state index contributed by atoms with van der Waals surface area (Å²) in [5.41, 5.74) is 1.05. The van der Waals surface area contributed by atoms with Crippen LogP contribution in [0.5, 0.6) is 0 Å². The van der Waals surface area contributed by atoms with Crippen molar-refractivity contribution in [1.29, 1.82) is 0 Å². The molecule has 4 rings (SSSR count). The lowest BCUT2D eigenvalue weighted by Crippen LogP contribution is -2.43. The van der Waals surface area contributed by atoms with Crippen LogP contribution in [0.2, 0.25) is 0 Å². The molecule has 1 N–H and O–H groups in total. The maximum absolute atomic E-state index is 13.3. The number of hydrogen-bond donors (Lipinski definition) is 1. The van der Waals surface area contributed by atoms with E-state index in [1.54, 1.807) is 18.3 Å². The molecule has 6 heteroatoms. The van der Waals surface area contributed by atoms with Crippen molar-refractivity contribution < 1.29 is 9.59 Å². The van der Waals surface area contributed by atoms with Crippen LogP contribution in [0.25, 0.3) is 0 Å². The lowest BCUT2D eigenvalue weighted by atomic mass is 9.84. The maximum Gasteiger partial charge on any atom is 0.326 e. The first kappa shape index (κ1) is 20.1. The monoisotopic (exact) mass is 411 g/mol. The molecule has 2 unspecified atom stereocenters. The number of amides is 3. The van der Waals surface area contributed by atoms with Gasteiger partial charge in [0.25, 0.3) is 5.91 Å². The molecule has 0 spiro atoms. The quantitative estimate of drug-likeness (QED) is 0.748. The Labute approximate surface area is 176 Å². The van der Waals surface area contributed by atoms with Gasteiger partial charge in [0.2, 0.25) is 0 Å². The lowest BCUT2D eigenvalue weighted by Gasteiger charge is -2.28. The second-order valence-electron chi connectivity index (χ2n) is 9.24. The Kier molecular flexibility index (Phi) is 5.03. The number of imide groups is 1. The Morgan fingerprint density at radius 2 is 1.90 bits per heavy atom. The van der Waals surface area contributed by atoms with E-state index in [4.69, 9.17) is 0 Å². The number of nitrogens with one attached hydrogen (secondary N) is 1. The SMILES string of the molecule is CC(C)(C)c1ccc(C2(C)NC(=O)N(CN3CCCC3c3cccs3)C2=O)cc1.